The van der Waals surface area contributed by atoms with Gasteiger partial charge in [0.2, 0.25) is 5.91 Å². The Hall–Kier alpha value is -3.36. The summed E-state index contributed by atoms with van der Waals surface area (Å²) < 4.78 is 15.1. The van der Waals surface area contributed by atoms with Gasteiger partial charge in [0.15, 0.2) is 12.4 Å². The molecule has 142 valence electrons. The summed E-state index contributed by atoms with van der Waals surface area (Å²) >= 11 is 0. The van der Waals surface area contributed by atoms with Crippen LogP contribution in [0.1, 0.15) is 12.2 Å². The van der Waals surface area contributed by atoms with Gasteiger partial charge in [-0.2, -0.15) is 0 Å². The van der Waals surface area contributed by atoms with Gasteiger partial charge >= 0.3 is 5.97 Å². The number of nitrogens with zero attached hydrogens (tertiary/aromatic N) is 2. The van der Waals surface area contributed by atoms with Gasteiger partial charge in [-0.05, 0) is 19.1 Å². The summed E-state index contributed by atoms with van der Waals surface area (Å²) in [6.07, 6.45) is 0.0149. The number of amides is 2. The van der Waals surface area contributed by atoms with Crippen molar-refractivity contribution in [1.82, 2.24) is 5.16 Å². The zero-order valence-electron chi connectivity index (χ0n) is 14.9. The summed E-state index contributed by atoms with van der Waals surface area (Å²) in [4.78, 5) is 37.8. The maximum Gasteiger partial charge on any atom is 0.311 e. The molecule has 1 atom stereocenters. The summed E-state index contributed by atoms with van der Waals surface area (Å²) in [6.45, 7) is 1.39. The molecule has 9 heteroatoms. The number of hydrogen-bond acceptors (Lipinski definition) is 7. The maximum absolute atomic E-state index is 12.3. The third-order valence-electron chi connectivity index (χ3n) is 4.08. The van der Waals surface area contributed by atoms with Crippen molar-refractivity contribution in [1.29, 1.82) is 0 Å². The van der Waals surface area contributed by atoms with E-state index in [2.05, 4.69) is 10.5 Å². The Morgan fingerprint density at radius 3 is 2.85 bits per heavy atom. The van der Waals surface area contributed by atoms with Gasteiger partial charge < -0.3 is 24.2 Å². The molecule has 0 bridgehead atoms. The van der Waals surface area contributed by atoms with E-state index in [1.54, 1.807) is 37.3 Å². The summed E-state index contributed by atoms with van der Waals surface area (Å²) in [5, 5.41) is 6.07. The first-order chi connectivity index (χ1) is 13.0. The molecule has 3 rings (SSSR count). The monoisotopic (exact) mass is 373 g/mol. The molecule has 1 saturated heterocycles. The smallest absolute Gasteiger partial charge is 0.311 e. The standard InChI is InChI=1S/C18H19N3O6/c1-11-7-15(20-27-11)19-16(22)10-26-18(24)12-8-17(23)21(9-12)13-5-3-4-6-14(13)25-2/h3-7,12H,8-10H2,1-2H3,(H,19,20,22)/t12-/m1/s1. The largest absolute Gasteiger partial charge is 0.495 e. The average molecular weight is 373 g/mol. The molecule has 1 fully saturated rings. The van der Waals surface area contributed by atoms with Crippen LogP contribution >= 0.6 is 0 Å². The first kappa shape index (κ1) is 18.4. The molecule has 1 aromatic heterocycles. The summed E-state index contributed by atoms with van der Waals surface area (Å²) in [7, 11) is 1.51. The Morgan fingerprint density at radius 1 is 1.37 bits per heavy atom. The van der Waals surface area contributed by atoms with E-state index in [0.717, 1.165) is 0 Å². The van der Waals surface area contributed by atoms with Crippen molar-refractivity contribution in [3.63, 3.8) is 0 Å². The minimum Gasteiger partial charge on any atom is -0.495 e. The van der Waals surface area contributed by atoms with Gasteiger partial charge in [-0.1, -0.05) is 17.3 Å². The van der Waals surface area contributed by atoms with Crippen molar-refractivity contribution in [2.75, 3.05) is 30.5 Å². The topological polar surface area (TPSA) is 111 Å². The number of carbonyl (C=O) groups is 3. The van der Waals surface area contributed by atoms with Gasteiger partial charge in [-0.15, -0.1) is 0 Å². The number of ether oxygens (including phenoxy) is 2. The number of rotatable bonds is 6. The number of methoxy groups -OCH3 is 1. The van der Waals surface area contributed by atoms with E-state index in [9.17, 15) is 14.4 Å². The predicted octanol–water partition coefficient (Wildman–Crippen LogP) is 1.53. The highest BCUT2D eigenvalue weighted by molar-refractivity contribution is 6.01. The van der Waals surface area contributed by atoms with E-state index >= 15 is 0 Å². The SMILES string of the molecule is COc1ccccc1N1C[C@H](C(=O)OCC(=O)Nc2cc(C)on2)CC1=O. The Balaban J connectivity index is 1.55. The minimum atomic E-state index is -0.649. The predicted molar refractivity (Wildman–Crippen MR) is 94.3 cm³/mol. The molecule has 0 aliphatic carbocycles. The van der Waals surface area contributed by atoms with Crippen LogP contribution in [0.2, 0.25) is 0 Å². The molecule has 0 saturated carbocycles. The highest BCUT2D eigenvalue weighted by Crippen LogP contribution is 2.33. The van der Waals surface area contributed by atoms with Crippen LogP contribution in [0.4, 0.5) is 11.5 Å². The number of carbonyl (C=O) groups excluding carboxylic acids is 3. The molecule has 0 spiro atoms. The third-order valence-corrected chi connectivity index (χ3v) is 4.08. The number of para-hydroxylation sites is 2. The quantitative estimate of drug-likeness (QED) is 0.764. The van der Waals surface area contributed by atoms with Crippen LogP contribution in [-0.4, -0.2) is 43.2 Å². The van der Waals surface area contributed by atoms with Gasteiger partial charge in [0.1, 0.15) is 11.5 Å². The van der Waals surface area contributed by atoms with Gasteiger partial charge in [0.05, 0.1) is 18.7 Å². The number of anilines is 2. The van der Waals surface area contributed by atoms with Crippen molar-refractivity contribution in [3.05, 3.63) is 36.1 Å². The van der Waals surface area contributed by atoms with Crippen LogP contribution in [0.3, 0.4) is 0 Å². The molecule has 1 aliphatic heterocycles. The minimum absolute atomic E-state index is 0.0149. The number of aromatic nitrogens is 1. The fourth-order valence-electron chi connectivity index (χ4n) is 2.81. The van der Waals surface area contributed by atoms with E-state index in [0.29, 0.717) is 17.2 Å². The molecule has 1 aliphatic rings. The zero-order valence-corrected chi connectivity index (χ0v) is 14.9. The summed E-state index contributed by atoms with van der Waals surface area (Å²) in [6, 6.07) is 8.61. The van der Waals surface area contributed by atoms with Crippen LogP contribution in [-0.2, 0) is 19.1 Å². The fraction of sp³-hybridized carbons (Fsp3) is 0.333. The van der Waals surface area contributed by atoms with Crippen molar-refractivity contribution in [2.45, 2.75) is 13.3 Å². The van der Waals surface area contributed by atoms with Gasteiger partial charge in [0.25, 0.3) is 5.91 Å². The lowest BCUT2D eigenvalue weighted by molar-refractivity contribution is -0.151. The van der Waals surface area contributed by atoms with Gasteiger partial charge in [0, 0.05) is 19.0 Å². The zero-order chi connectivity index (χ0) is 19.4. The fourth-order valence-corrected chi connectivity index (χ4v) is 2.81. The van der Waals surface area contributed by atoms with E-state index in [4.69, 9.17) is 14.0 Å². The van der Waals surface area contributed by atoms with Crippen LogP contribution in [0.25, 0.3) is 0 Å². The normalized spacial score (nSPS) is 16.3. The number of aryl methyl sites for hydroxylation is 1. The summed E-state index contributed by atoms with van der Waals surface area (Å²) in [5.74, 6) is -0.666. The average Bonchev–Trinajstić information content (AvgIpc) is 3.25. The van der Waals surface area contributed by atoms with E-state index in [1.807, 2.05) is 0 Å². The van der Waals surface area contributed by atoms with Crippen molar-refractivity contribution in [3.8, 4) is 5.75 Å². The molecule has 2 aromatic rings. The van der Waals surface area contributed by atoms with E-state index < -0.39 is 24.4 Å². The second-order valence-electron chi connectivity index (χ2n) is 6.06. The molecule has 27 heavy (non-hydrogen) atoms. The molecule has 0 unspecified atom stereocenters. The highest BCUT2D eigenvalue weighted by atomic mass is 16.5. The molecular weight excluding hydrogens is 354 g/mol. The van der Waals surface area contributed by atoms with Crippen LogP contribution < -0.4 is 15.0 Å². The van der Waals surface area contributed by atoms with E-state index in [1.165, 1.54) is 12.0 Å². The number of hydrogen-bond donors (Lipinski definition) is 1. The Kier molecular flexibility index (Phi) is 5.39. The highest BCUT2D eigenvalue weighted by Gasteiger charge is 2.37. The molecule has 2 heterocycles. The Bertz CT molecular complexity index is 862. The van der Waals surface area contributed by atoms with Crippen molar-refractivity contribution >= 4 is 29.3 Å². The third kappa shape index (κ3) is 4.25. The molecule has 0 radical (unpaired) electrons. The Labute approximate surface area is 155 Å². The molecular formula is C18H19N3O6. The lowest BCUT2D eigenvalue weighted by atomic mass is 10.1. The van der Waals surface area contributed by atoms with Gasteiger partial charge in [-0.3, -0.25) is 14.4 Å². The summed E-state index contributed by atoms with van der Waals surface area (Å²) in [5.41, 5.74) is 0.597. The van der Waals surface area contributed by atoms with Crippen molar-refractivity contribution < 1.29 is 28.4 Å². The van der Waals surface area contributed by atoms with Gasteiger partial charge in [-0.25, -0.2) is 0 Å². The van der Waals surface area contributed by atoms with Crippen LogP contribution in [0, 0.1) is 12.8 Å². The number of nitrogens with one attached hydrogen (secondary N) is 1. The van der Waals surface area contributed by atoms with E-state index in [-0.39, 0.29) is 24.7 Å². The molecule has 9 nitrogen and oxygen atoms in total. The second kappa shape index (κ2) is 7.90. The lowest BCUT2D eigenvalue weighted by Gasteiger charge is -2.19. The first-order valence-corrected chi connectivity index (χ1v) is 8.31. The maximum atomic E-state index is 12.3. The number of esters is 1. The van der Waals surface area contributed by atoms with Crippen LogP contribution in [0.5, 0.6) is 5.75 Å². The molecule has 2 amide bonds. The molecule has 1 aromatic carbocycles. The van der Waals surface area contributed by atoms with Crippen molar-refractivity contribution in [2.24, 2.45) is 5.92 Å². The Morgan fingerprint density at radius 2 is 2.15 bits per heavy atom. The molecule has 1 N–H and O–H groups in total. The number of benzene rings is 1. The first-order valence-electron chi connectivity index (χ1n) is 8.31. The second-order valence-corrected chi connectivity index (χ2v) is 6.06. The lowest BCUT2D eigenvalue weighted by Crippen LogP contribution is -2.28. The van der Waals surface area contributed by atoms with Crippen LogP contribution in [0.15, 0.2) is 34.9 Å².